The normalized spacial score (nSPS) is 20.8. The minimum atomic E-state index is -0.775. The van der Waals surface area contributed by atoms with Crippen LogP contribution in [0.5, 0.6) is 0 Å². The van der Waals surface area contributed by atoms with Crippen LogP contribution >= 0.6 is 11.5 Å². The molecule has 2 unspecified atom stereocenters. The number of nitrogens with zero attached hydrogens (tertiary/aromatic N) is 2. The number of carbonyl (C=O) groups is 3. The number of ether oxygens (including phenoxy) is 1. The van der Waals surface area contributed by atoms with Crippen LogP contribution < -0.4 is 16.8 Å². The number of amides is 3. The fraction of sp³-hybridized carbons (Fsp3) is 0.667. The summed E-state index contributed by atoms with van der Waals surface area (Å²) in [6, 6.07) is -0.718. The maximum Gasteiger partial charge on any atom is 0.270 e. The molecule has 2 aliphatic rings. The lowest BCUT2D eigenvalue weighted by Crippen LogP contribution is -2.52. The molecule has 28 heavy (non-hydrogen) atoms. The molecule has 0 spiro atoms. The number of rotatable bonds is 7. The van der Waals surface area contributed by atoms with Crippen LogP contribution in [0.3, 0.4) is 0 Å². The molecule has 3 rings (SSSR count). The van der Waals surface area contributed by atoms with E-state index in [9.17, 15) is 14.4 Å². The van der Waals surface area contributed by atoms with Gasteiger partial charge in [-0.05, 0) is 44.1 Å². The summed E-state index contributed by atoms with van der Waals surface area (Å²) in [5.41, 5.74) is 11.1. The van der Waals surface area contributed by atoms with Gasteiger partial charge in [-0.15, -0.1) is 0 Å². The van der Waals surface area contributed by atoms with Gasteiger partial charge in [0.05, 0.1) is 11.8 Å². The van der Waals surface area contributed by atoms with Gasteiger partial charge in [-0.3, -0.25) is 14.4 Å². The van der Waals surface area contributed by atoms with Gasteiger partial charge in [-0.2, -0.15) is 4.37 Å². The third-order valence-corrected chi connectivity index (χ3v) is 6.28. The molecule has 3 amide bonds. The monoisotopic (exact) mass is 409 g/mol. The Balaban J connectivity index is 1.77. The molecule has 2 heterocycles. The molecule has 1 aliphatic carbocycles. The molecule has 1 saturated carbocycles. The van der Waals surface area contributed by atoms with Crippen molar-refractivity contribution < 1.29 is 19.1 Å². The number of anilines is 1. The van der Waals surface area contributed by atoms with Crippen molar-refractivity contribution in [2.75, 3.05) is 18.9 Å². The van der Waals surface area contributed by atoms with Crippen LogP contribution in [0, 0.1) is 0 Å². The zero-order valence-electron chi connectivity index (χ0n) is 16.0. The zero-order chi connectivity index (χ0) is 20.3. The van der Waals surface area contributed by atoms with E-state index in [1.165, 1.54) is 0 Å². The Morgan fingerprint density at radius 3 is 2.57 bits per heavy atom. The Morgan fingerprint density at radius 2 is 2.00 bits per heavy atom. The van der Waals surface area contributed by atoms with Gasteiger partial charge in [-0.1, -0.05) is 12.8 Å². The third-order valence-electron chi connectivity index (χ3n) is 5.43. The van der Waals surface area contributed by atoms with Crippen LogP contribution in [0.25, 0.3) is 0 Å². The molecule has 154 valence electrons. The second kappa shape index (κ2) is 8.87. The van der Waals surface area contributed by atoms with Crippen molar-refractivity contribution in [1.29, 1.82) is 0 Å². The second-order valence-corrected chi connectivity index (χ2v) is 8.12. The molecule has 0 bridgehead atoms. The summed E-state index contributed by atoms with van der Waals surface area (Å²) in [7, 11) is 0. The van der Waals surface area contributed by atoms with E-state index in [1.807, 2.05) is 0 Å². The van der Waals surface area contributed by atoms with Crippen LogP contribution in [-0.4, -0.2) is 58.3 Å². The molecule has 1 aromatic rings. The van der Waals surface area contributed by atoms with E-state index in [0.29, 0.717) is 6.54 Å². The second-order valence-electron chi connectivity index (χ2n) is 7.35. The summed E-state index contributed by atoms with van der Waals surface area (Å²) in [6.45, 7) is 2.87. The quantitative estimate of drug-likeness (QED) is 0.611. The maximum atomic E-state index is 13.3. The van der Waals surface area contributed by atoms with Gasteiger partial charge in [0.25, 0.3) is 11.8 Å². The first-order valence-corrected chi connectivity index (χ1v) is 10.4. The number of carbonyl (C=O) groups excluding carboxylic acids is 3. The van der Waals surface area contributed by atoms with Gasteiger partial charge >= 0.3 is 0 Å². The van der Waals surface area contributed by atoms with Gasteiger partial charge < -0.3 is 26.4 Å². The Kier molecular flexibility index (Phi) is 6.50. The minimum Gasteiger partial charge on any atom is -0.395 e. The van der Waals surface area contributed by atoms with Gasteiger partial charge in [-0.25, -0.2) is 0 Å². The van der Waals surface area contributed by atoms with Gasteiger partial charge in [0.1, 0.15) is 10.9 Å². The molecule has 1 aromatic heterocycles. The first-order chi connectivity index (χ1) is 13.4. The first kappa shape index (κ1) is 20.5. The van der Waals surface area contributed by atoms with Crippen molar-refractivity contribution in [2.24, 2.45) is 5.73 Å². The third kappa shape index (κ3) is 4.27. The highest BCUT2D eigenvalue weighted by molar-refractivity contribution is 7.09. The van der Waals surface area contributed by atoms with E-state index in [4.69, 9.17) is 16.2 Å². The van der Waals surface area contributed by atoms with E-state index < -0.39 is 11.9 Å². The van der Waals surface area contributed by atoms with Gasteiger partial charge in [0.2, 0.25) is 5.91 Å². The lowest BCUT2D eigenvalue weighted by Gasteiger charge is -2.33. The number of primary amides is 1. The first-order valence-electron chi connectivity index (χ1n) is 9.67. The summed E-state index contributed by atoms with van der Waals surface area (Å²) >= 11 is 0.844. The van der Waals surface area contributed by atoms with Crippen molar-refractivity contribution in [1.82, 2.24) is 14.6 Å². The Hall–Kier alpha value is -2.20. The highest BCUT2D eigenvalue weighted by atomic mass is 32.1. The van der Waals surface area contributed by atoms with Crippen molar-refractivity contribution in [3.8, 4) is 0 Å². The molecule has 5 N–H and O–H groups in total. The lowest BCUT2D eigenvalue weighted by molar-refractivity contribution is -0.126. The van der Waals surface area contributed by atoms with Crippen molar-refractivity contribution in [3.05, 3.63) is 10.6 Å². The van der Waals surface area contributed by atoms with Crippen LogP contribution in [0.1, 0.15) is 65.6 Å². The maximum absolute atomic E-state index is 13.3. The number of nitrogens with two attached hydrogens (primary N) is 2. The average Bonchev–Trinajstić information content (AvgIpc) is 3.41. The fourth-order valence-electron chi connectivity index (χ4n) is 3.88. The predicted molar refractivity (Wildman–Crippen MR) is 105 cm³/mol. The fourth-order valence-corrected chi connectivity index (χ4v) is 4.63. The van der Waals surface area contributed by atoms with E-state index >= 15 is 0 Å². The highest BCUT2D eigenvalue weighted by Gasteiger charge is 2.37. The summed E-state index contributed by atoms with van der Waals surface area (Å²) in [5.74, 6) is -1.38. The van der Waals surface area contributed by atoms with Crippen molar-refractivity contribution in [3.63, 3.8) is 0 Å². The highest BCUT2D eigenvalue weighted by Crippen LogP contribution is 2.30. The van der Waals surface area contributed by atoms with Crippen LogP contribution in [0.2, 0.25) is 0 Å². The summed E-state index contributed by atoms with van der Waals surface area (Å²) in [5, 5.41) is 2.90. The Morgan fingerprint density at radius 1 is 1.29 bits per heavy atom. The number of nitrogens with one attached hydrogen (secondary N) is 1. The summed E-state index contributed by atoms with van der Waals surface area (Å²) in [6.07, 6.45) is 5.62. The predicted octanol–water partition coefficient (Wildman–Crippen LogP) is 0.893. The van der Waals surface area contributed by atoms with E-state index in [-0.39, 0.29) is 40.2 Å². The topological polar surface area (TPSA) is 141 Å². The number of hydrogen-bond acceptors (Lipinski definition) is 7. The SMILES string of the molecule is CC(C(=O)NCC1CCCO1)N(C(=O)c1snc(C(N)=O)c1N)C1CCCC1. The standard InChI is InChI=1S/C18H27N5O4S/c1-10(17(25)21-9-12-7-4-8-27-12)23(11-5-2-3-6-11)18(26)15-13(19)14(16(20)24)22-28-15/h10-12H,2-9,19H2,1H3,(H2,20,24)(H,21,25). The number of nitrogen functional groups attached to an aromatic ring is 1. The molecule has 2 fully saturated rings. The molecule has 0 radical (unpaired) electrons. The van der Waals surface area contributed by atoms with E-state index in [0.717, 1.165) is 56.7 Å². The van der Waals surface area contributed by atoms with Crippen LogP contribution in [0.15, 0.2) is 0 Å². The van der Waals surface area contributed by atoms with Gasteiger partial charge in [0.15, 0.2) is 5.69 Å². The Labute approximate surface area is 167 Å². The van der Waals surface area contributed by atoms with Crippen molar-refractivity contribution >= 4 is 34.9 Å². The molecule has 10 heteroatoms. The molecule has 9 nitrogen and oxygen atoms in total. The smallest absolute Gasteiger partial charge is 0.270 e. The Bertz CT molecular complexity index is 740. The van der Waals surface area contributed by atoms with E-state index in [2.05, 4.69) is 9.69 Å². The van der Waals surface area contributed by atoms with E-state index in [1.54, 1.807) is 11.8 Å². The minimum absolute atomic E-state index is 0.0162. The molecule has 0 aromatic carbocycles. The molecular weight excluding hydrogens is 382 g/mol. The molecule has 1 saturated heterocycles. The number of aromatic nitrogens is 1. The molecule has 2 atom stereocenters. The zero-order valence-corrected chi connectivity index (χ0v) is 16.8. The van der Waals surface area contributed by atoms with Gasteiger partial charge in [0, 0.05) is 19.2 Å². The number of hydrogen-bond donors (Lipinski definition) is 3. The van der Waals surface area contributed by atoms with Crippen LogP contribution in [-0.2, 0) is 9.53 Å². The van der Waals surface area contributed by atoms with Crippen LogP contribution in [0.4, 0.5) is 5.69 Å². The average molecular weight is 410 g/mol. The molecular formula is C18H27N5O4S. The lowest BCUT2D eigenvalue weighted by atomic mass is 10.1. The molecule has 1 aliphatic heterocycles. The van der Waals surface area contributed by atoms with Crippen molar-refractivity contribution in [2.45, 2.75) is 63.6 Å². The summed E-state index contributed by atoms with van der Waals surface area (Å²) < 4.78 is 9.45. The largest absolute Gasteiger partial charge is 0.395 e. The summed E-state index contributed by atoms with van der Waals surface area (Å²) in [4.78, 5) is 39.2.